The number of thiocarbonyl (C=S) groups is 1. The first-order valence-corrected chi connectivity index (χ1v) is 19.0. The fourth-order valence-electron chi connectivity index (χ4n) is 6.70. The SMILES string of the molecule is COc1cc2c(cc1OCCCN1CCN(C)CC1)C1C(N3CCN(C(=S)Nc4ccc(S(=O)(=O)Nc5ncccn5)cc4)CC3)=NC=NC1N2. The number of fused-ring (bicyclic) bond motifs is 3. The quantitative estimate of drug-likeness (QED) is 0.207. The van der Waals surface area contributed by atoms with Gasteiger partial charge in [0, 0.05) is 88.7 Å². The van der Waals surface area contributed by atoms with Crippen molar-refractivity contribution in [2.75, 3.05) is 95.0 Å². The molecule has 7 rings (SSSR count). The van der Waals surface area contributed by atoms with Crippen LogP contribution < -0.4 is 24.8 Å². The van der Waals surface area contributed by atoms with Gasteiger partial charge in [0.05, 0.1) is 24.5 Å². The summed E-state index contributed by atoms with van der Waals surface area (Å²) in [5.41, 5.74) is 2.77. The molecule has 0 aliphatic carbocycles. The average Bonchev–Trinajstić information content (AvgIpc) is 3.52. The summed E-state index contributed by atoms with van der Waals surface area (Å²) in [6, 6.07) is 12.1. The number of amidine groups is 1. The number of rotatable bonds is 10. The Morgan fingerprint density at radius 2 is 1.75 bits per heavy atom. The maximum Gasteiger partial charge on any atom is 0.264 e. The van der Waals surface area contributed by atoms with E-state index in [1.54, 1.807) is 31.6 Å². The summed E-state index contributed by atoms with van der Waals surface area (Å²) < 4.78 is 39.9. The molecule has 270 valence electrons. The number of piperazine rings is 2. The monoisotopic (exact) mass is 733 g/mol. The number of benzene rings is 2. The van der Waals surface area contributed by atoms with Crippen molar-refractivity contribution in [2.45, 2.75) is 23.4 Å². The van der Waals surface area contributed by atoms with Gasteiger partial charge >= 0.3 is 0 Å². The molecule has 4 aliphatic rings. The molecule has 0 spiro atoms. The van der Waals surface area contributed by atoms with Crippen LogP contribution in [-0.4, -0.2) is 141 Å². The van der Waals surface area contributed by atoms with Crippen LogP contribution in [0.1, 0.15) is 17.9 Å². The predicted octanol–water partition coefficient (Wildman–Crippen LogP) is 2.59. The number of hydrogen-bond donors (Lipinski definition) is 3. The van der Waals surface area contributed by atoms with Crippen molar-refractivity contribution in [1.29, 1.82) is 0 Å². The second-order valence-electron chi connectivity index (χ2n) is 12.9. The van der Waals surface area contributed by atoms with Gasteiger partial charge in [-0.1, -0.05) is 0 Å². The highest BCUT2D eigenvalue weighted by Gasteiger charge is 2.41. The van der Waals surface area contributed by atoms with Crippen LogP contribution in [0.15, 0.2) is 69.7 Å². The largest absolute Gasteiger partial charge is 0.493 e. The molecule has 0 radical (unpaired) electrons. The molecule has 15 nitrogen and oxygen atoms in total. The molecule has 2 unspecified atom stereocenters. The molecule has 2 fully saturated rings. The van der Waals surface area contributed by atoms with Gasteiger partial charge in [0.15, 0.2) is 16.6 Å². The van der Waals surface area contributed by atoms with E-state index in [-0.39, 0.29) is 22.9 Å². The highest BCUT2D eigenvalue weighted by Crippen LogP contribution is 2.45. The van der Waals surface area contributed by atoms with Crippen molar-refractivity contribution >= 4 is 56.9 Å². The van der Waals surface area contributed by atoms with E-state index in [1.807, 2.05) is 6.07 Å². The molecule has 0 amide bonds. The van der Waals surface area contributed by atoms with Gasteiger partial charge in [-0.25, -0.2) is 33.1 Å². The predicted molar refractivity (Wildman–Crippen MR) is 202 cm³/mol. The third kappa shape index (κ3) is 8.01. The number of aromatic nitrogens is 2. The van der Waals surface area contributed by atoms with Crippen molar-refractivity contribution in [2.24, 2.45) is 9.98 Å². The summed E-state index contributed by atoms with van der Waals surface area (Å²) in [5, 5.41) is 7.38. The van der Waals surface area contributed by atoms with Gasteiger partial charge in [-0.15, -0.1) is 0 Å². The van der Waals surface area contributed by atoms with Crippen LogP contribution in [0.2, 0.25) is 0 Å². The molecule has 51 heavy (non-hydrogen) atoms. The van der Waals surface area contributed by atoms with Crippen molar-refractivity contribution in [3.63, 3.8) is 0 Å². The van der Waals surface area contributed by atoms with Crippen molar-refractivity contribution in [1.82, 2.24) is 29.6 Å². The van der Waals surface area contributed by atoms with Gasteiger partial charge in [-0.3, -0.25) is 0 Å². The first-order chi connectivity index (χ1) is 24.8. The van der Waals surface area contributed by atoms with E-state index in [4.69, 9.17) is 26.7 Å². The molecule has 4 aliphatic heterocycles. The third-order valence-electron chi connectivity index (χ3n) is 9.56. The smallest absolute Gasteiger partial charge is 0.264 e. The fourth-order valence-corrected chi connectivity index (χ4v) is 7.96. The zero-order chi connectivity index (χ0) is 35.4. The van der Waals surface area contributed by atoms with Crippen LogP contribution in [0.25, 0.3) is 0 Å². The van der Waals surface area contributed by atoms with Gasteiger partial charge in [-0.05, 0) is 67.6 Å². The second-order valence-corrected chi connectivity index (χ2v) is 14.9. The molecular weight excluding hydrogens is 691 g/mol. The minimum absolute atomic E-state index is 0.0111. The number of ether oxygens (including phenoxy) is 2. The third-order valence-corrected chi connectivity index (χ3v) is 11.3. The maximum absolute atomic E-state index is 12.8. The van der Waals surface area contributed by atoms with E-state index in [0.29, 0.717) is 36.2 Å². The van der Waals surface area contributed by atoms with E-state index < -0.39 is 10.0 Å². The lowest BCUT2D eigenvalue weighted by Gasteiger charge is -2.40. The van der Waals surface area contributed by atoms with Crippen LogP contribution in [0.5, 0.6) is 11.5 Å². The zero-order valence-electron chi connectivity index (χ0n) is 28.7. The van der Waals surface area contributed by atoms with Crippen LogP contribution >= 0.6 is 12.2 Å². The van der Waals surface area contributed by atoms with Gasteiger partial charge < -0.3 is 39.7 Å². The fraction of sp³-hybridized carbons (Fsp3) is 0.441. The summed E-state index contributed by atoms with van der Waals surface area (Å²) in [6.45, 7) is 8.87. The van der Waals surface area contributed by atoms with Crippen molar-refractivity contribution < 1.29 is 17.9 Å². The van der Waals surface area contributed by atoms with Crippen LogP contribution in [-0.2, 0) is 10.0 Å². The highest BCUT2D eigenvalue weighted by atomic mass is 32.2. The van der Waals surface area contributed by atoms with Crippen LogP contribution in [0, 0.1) is 0 Å². The average molecular weight is 734 g/mol. The molecule has 2 saturated heterocycles. The van der Waals surface area contributed by atoms with Crippen molar-refractivity contribution in [3.8, 4) is 11.5 Å². The first kappa shape index (κ1) is 34.9. The summed E-state index contributed by atoms with van der Waals surface area (Å²) in [6.07, 6.45) is 5.37. The summed E-state index contributed by atoms with van der Waals surface area (Å²) in [4.78, 5) is 26.7. The lowest BCUT2D eigenvalue weighted by molar-refractivity contribution is 0.145. The Morgan fingerprint density at radius 3 is 2.47 bits per heavy atom. The first-order valence-electron chi connectivity index (χ1n) is 17.1. The van der Waals surface area contributed by atoms with Crippen molar-refractivity contribution in [3.05, 3.63) is 60.4 Å². The molecule has 2 atom stereocenters. The molecule has 0 saturated carbocycles. The molecule has 1 aromatic heterocycles. The number of anilines is 3. The van der Waals surface area contributed by atoms with Gasteiger partial charge in [0.2, 0.25) is 5.95 Å². The second kappa shape index (κ2) is 15.3. The number of likely N-dealkylation sites (N-methyl/N-ethyl adjacent to an activating group) is 1. The summed E-state index contributed by atoms with van der Waals surface area (Å²) >= 11 is 5.75. The van der Waals surface area contributed by atoms with Crippen LogP contribution in [0.3, 0.4) is 0 Å². The minimum atomic E-state index is -3.83. The molecular formula is C34H43N11O4S2. The zero-order valence-corrected chi connectivity index (χ0v) is 30.4. The molecule has 0 bridgehead atoms. The van der Waals surface area contributed by atoms with Gasteiger partial charge in [0.1, 0.15) is 18.3 Å². The Balaban J connectivity index is 0.943. The number of methoxy groups -OCH3 is 1. The summed E-state index contributed by atoms with van der Waals surface area (Å²) in [7, 11) is 0.0138. The standard InChI is InChI=1S/C34H43N11O4S2/c1-42-12-14-43(15-13-42)11-4-20-49-29-21-26-27(22-28(29)48-2)40-31-30(26)32(38-23-37-31)44-16-18-45(19-17-44)34(50)39-24-5-7-25(8-6-24)51(46,47)41-33-35-9-3-10-36-33/h3,5-10,21-23,30-31,40H,4,11-20H2,1-2H3,(H,39,50)(H,35,36,41). The lowest BCUT2D eigenvalue weighted by Crippen LogP contribution is -2.53. The van der Waals surface area contributed by atoms with E-state index >= 15 is 0 Å². The number of sulfonamides is 1. The maximum atomic E-state index is 12.8. The lowest BCUT2D eigenvalue weighted by atomic mass is 9.95. The Labute approximate surface area is 303 Å². The number of nitrogens with one attached hydrogen (secondary N) is 3. The molecule has 3 aromatic rings. The normalized spacial score (nSPS) is 20.5. The topological polar surface area (TPSA) is 152 Å². The van der Waals surface area contributed by atoms with E-state index in [2.05, 4.69) is 63.0 Å². The van der Waals surface area contributed by atoms with Gasteiger partial charge in [0.25, 0.3) is 10.0 Å². The number of hydrogen-bond acceptors (Lipinski definition) is 13. The molecule has 17 heteroatoms. The van der Waals surface area contributed by atoms with E-state index in [9.17, 15) is 8.42 Å². The van der Waals surface area contributed by atoms with Gasteiger partial charge in [-0.2, -0.15) is 0 Å². The molecule has 3 N–H and O–H groups in total. The Bertz CT molecular complexity index is 1860. The van der Waals surface area contributed by atoms with E-state index in [0.717, 1.165) is 75.1 Å². The Hall–Kier alpha value is -4.58. The van der Waals surface area contributed by atoms with E-state index in [1.165, 1.54) is 24.5 Å². The number of nitrogens with zero attached hydrogens (tertiary/aromatic N) is 8. The Morgan fingerprint density at radius 1 is 1.00 bits per heavy atom. The Kier molecular flexibility index (Phi) is 10.5. The summed E-state index contributed by atoms with van der Waals surface area (Å²) in [5.74, 6) is 2.36. The van der Waals surface area contributed by atoms with Crippen LogP contribution in [0.4, 0.5) is 17.3 Å². The highest BCUT2D eigenvalue weighted by molar-refractivity contribution is 7.92. The molecule has 5 heterocycles. The number of aliphatic imine (C=N–C) groups is 2. The molecule has 2 aromatic carbocycles. The minimum Gasteiger partial charge on any atom is -0.493 e.